The topological polar surface area (TPSA) is 84.7 Å². The van der Waals surface area contributed by atoms with Crippen molar-refractivity contribution in [1.82, 2.24) is 19.3 Å². The van der Waals surface area contributed by atoms with Gasteiger partial charge in [-0.15, -0.1) is 11.3 Å². The Kier molecular flexibility index (Phi) is 4.66. The van der Waals surface area contributed by atoms with Crippen molar-refractivity contribution in [2.24, 2.45) is 7.05 Å². The first kappa shape index (κ1) is 19.2. The van der Waals surface area contributed by atoms with Crippen LogP contribution in [0.2, 0.25) is 0 Å². The van der Waals surface area contributed by atoms with Crippen LogP contribution in [-0.2, 0) is 7.05 Å². The van der Waals surface area contributed by atoms with Gasteiger partial charge < -0.3 is 10.3 Å². The van der Waals surface area contributed by atoms with E-state index in [1.54, 1.807) is 4.68 Å². The number of anilines is 1. The average Bonchev–Trinajstić information content (AvgIpc) is 3.10. The molecule has 0 aliphatic carbocycles. The van der Waals surface area contributed by atoms with E-state index in [-0.39, 0.29) is 17.2 Å². The highest BCUT2D eigenvalue weighted by Gasteiger charge is 2.20. The molecule has 29 heavy (non-hydrogen) atoms. The molecule has 1 atom stereocenters. The fraction of sp³-hybridized carbons (Fsp3) is 0.286. The van der Waals surface area contributed by atoms with Gasteiger partial charge in [-0.1, -0.05) is 18.2 Å². The lowest BCUT2D eigenvalue weighted by molar-refractivity contribution is 0.630. The Hall–Kier alpha value is -3.13. The first-order valence-corrected chi connectivity index (χ1v) is 10.2. The summed E-state index contributed by atoms with van der Waals surface area (Å²) in [6, 6.07) is 9.15. The summed E-state index contributed by atoms with van der Waals surface area (Å²) in [4.78, 5) is 35.0. The molecule has 1 unspecified atom stereocenters. The summed E-state index contributed by atoms with van der Waals surface area (Å²) < 4.78 is 3.44. The summed E-state index contributed by atoms with van der Waals surface area (Å²) in [6.07, 6.45) is 0. The molecule has 4 aromatic rings. The maximum Gasteiger partial charge on any atom is 0.295 e. The van der Waals surface area contributed by atoms with Crippen molar-refractivity contribution in [3.05, 3.63) is 73.0 Å². The van der Waals surface area contributed by atoms with Crippen LogP contribution in [0, 0.1) is 20.8 Å². The van der Waals surface area contributed by atoms with E-state index in [9.17, 15) is 9.59 Å². The highest BCUT2D eigenvalue weighted by molar-refractivity contribution is 7.18. The van der Waals surface area contributed by atoms with Crippen LogP contribution in [0.5, 0.6) is 0 Å². The number of benzene rings is 1. The van der Waals surface area contributed by atoms with Crippen LogP contribution in [0.1, 0.15) is 34.9 Å². The van der Waals surface area contributed by atoms with Crippen LogP contribution in [0.25, 0.3) is 15.9 Å². The van der Waals surface area contributed by atoms with E-state index >= 15 is 0 Å². The van der Waals surface area contributed by atoms with Gasteiger partial charge in [-0.2, -0.15) is 0 Å². The number of nitrogens with zero attached hydrogens (tertiary/aromatic N) is 3. The zero-order valence-corrected chi connectivity index (χ0v) is 17.8. The quantitative estimate of drug-likeness (QED) is 0.540. The van der Waals surface area contributed by atoms with Gasteiger partial charge in [0.05, 0.1) is 22.8 Å². The van der Waals surface area contributed by atoms with E-state index in [4.69, 9.17) is 0 Å². The van der Waals surface area contributed by atoms with Gasteiger partial charge in [0.15, 0.2) is 0 Å². The molecule has 0 aliphatic heterocycles. The molecule has 0 bridgehead atoms. The van der Waals surface area contributed by atoms with Gasteiger partial charge in [-0.25, -0.2) is 9.67 Å². The molecule has 4 rings (SSSR count). The first-order chi connectivity index (χ1) is 13.8. The van der Waals surface area contributed by atoms with Crippen molar-refractivity contribution in [3.8, 4) is 5.69 Å². The lowest BCUT2D eigenvalue weighted by atomic mass is 10.2. The number of para-hydroxylation sites is 1. The second-order valence-corrected chi connectivity index (χ2v) is 8.42. The van der Waals surface area contributed by atoms with Crippen LogP contribution in [0.3, 0.4) is 0 Å². The smallest absolute Gasteiger partial charge is 0.295 e. The summed E-state index contributed by atoms with van der Waals surface area (Å²) in [5, 5.41) is 3.90. The van der Waals surface area contributed by atoms with Gasteiger partial charge in [0.25, 0.3) is 11.1 Å². The van der Waals surface area contributed by atoms with Crippen molar-refractivity contribution in [2.45, 2.75) is 33.7 Å². The van der Waals surface area contributed by atoms with Gasteiger partial charge in [0, 0.05) is 11.9 Å². The minimum atomic E-state index is -0.340. The molecule has 0 amide bonds. The van der Waals surface area contributed by atoms with Gasteiger partial charge in [-0.05, 0) is 45.4 Å². The Balaban J connectivity index is 1.75. The van der Waals surface area contributed by atoms with Crippen LogP contribution >= 0.6 is 11.3 Å². The third-order valence-corrected chi connectivity index (χ3v) is 6.48. The molecule has 1 aromatic carbocycles. The van der Waals surface area contributed by atoms with E-state index in [0.29, 0.717) is 16.9 Å². The predicted octanol–water partition coefficient (Wildman–Crippen LogP) is 3.57. The predicted molar refractivity (Wildman–Crippen MR) is 117 cm³/mol. The molecule has 150 valence electrons. The van der Waals surface area contributed by atoms with E-state index < -0.39 is 0 Å². The van der Waals surface area contributed by atoms with Crippen molar-refractivity contribution < 1.29 is 0 Å². The molecule has 8 heteroatoms. The Morgan fingerprint density at radius 3 is 2.52 bits per heavy atom. The molecular weight excluding hydrogens is 386 g/mol. The van der Waals surface area contributed by atoms with Crippen molar-refractivity contribution in [1.29, 1.82) is 0 Å². The lowest BCUT2D eigenvalue weighted by Crippen LogP contribution is -2.23. The number of thiophene rings is 1. The maximum absolute atomic E-state index is 13.1. The third-order valence-electron chi connectivity index (χ3n) is 5.38. The SMILES string of the molecule is Cc1sc2nc(C(C)Nc3c(C)n(C)n(-c4ccccc4)c3=O)[nH]c(=O)c2c1C. The van der Waals surface area contributed by atoms with Crippen LogP contribution in [0.4, 0.5) is 5.69 Å². The van der Waals surface area contributed by atoms with Gasteiger partial charge >= 0.3 is 0 Å². The van der Waals surface area contributed by atoms with Gasteiger partial charge in [0.2, 0.25) is 0 Å². The summed E-state index contributed by atoms with van der Waals surface area (Å²) in [5.74, 6) is 0.512. The van der Waals surface area contributed by atoms with E-state index in [1.807, 2.05) is 69.8 Å². The molecule has 3 heterocycles. The van der Waals surface area contributed by atoms with E-state index in [0.717, 1.165) is 26.7 Å². The molecule has 0 saturated heterocycles. The van der Waals surface area contributed by atoms with E-state index in [2.05, 4.69) is 15.3 Å². The third kappa shape index (κ3) is 3.09. The fourth-order valence-corrected chi connectivity index (χ4v) is 4.53. The number of aromatic nitrogens is 4. The number of nitrogens with one attached hydrogen (secondary N) is 2. The highest BCUT2D eigenvalue weighted by Crippen LogP contribution is 2.27. The number of hydrogen-bond acceptors (Lipinski definition) is 5. The molecule has 0 radical (unpaired) electrons. The molecule has 0 aliphatic rings. The first-order valence-electron chi connectivity index (χ1n) is 9.40. The molecule has 0 spiro atoms. The monoisotopic (exact) mass is 409 g/mol. The van der Waals surface area contributed by atoms with E-state index in [1.165, 1.54) is 11.3 Å². The highest BCUT2D eigenvalue weighted by atomic mass is 32.1. The molecular formula is C21H23N5O2S. The Morgan fingerprint density at radius 1 is 1.14 bits per heavy atom. The summed E-state index contributed by atoms with van der Waals surface area (Å²) in [7, 11) is 1.85. The molecule has 0 saturated carbocycles. The average molecular weight is 410 g/mol. The molecule has 2 N–H and O–H groups in total. The Bertz CT molecular complexity index is 1330. The molecule has 0 fully saturated rings. The molecule has 3 aromatic heterocycles. The zero-order valence-electron chi connectivity index (χ0n) is 17.0. The Labute approximate surface area is 171 Å². The Morgan fingerprint density at radius 2 is 1.83 bits per heavy atom. The van der Waals surface area contributed by atoms with Gasteiger partial charge in [-0.3, -0.25) is 14.3 Å². The van der Waals surface area contributed by atoms with Crippen molar-refractivity contribution >= 4 is 27.2 Å². The largest absolute Gasteiger partial charge is 0.369 e. The minimum absolute atomic E-state index is 0.144. The number of hydrogen-bond donors (Lipinski definition) is 2. The lowest BCUT2D eigenvalue weighted by Gasteiger charge is -2.13. The van der Waals surface area contributed by atoms with Gasteiger partial charge in [0.1, 0.15) is 16.3 Å². The van der Waals surface area contributed by atoms with Crippen LogP contribution < -0.4 is 16.4 Å². The summed E-state index contributed by atoms with van der Waals surface area (Å²) in [6.45, 7) is 7.70. The number of rotatable bonds is 4. The number of aromatic amines is 1. The van der Waals surface area contributed by atoms with Crippen LogP contribution in [0.15, 0.2) is 39.9 Å². The van der Waals surface area contributed by atoms with Crippen molar-refractivity contribution in [2.75, 3.05) is 5.32 Å². The second kappa shape index (κ2) is 7.04. The summed E-state index contributed by atoms with van der Waals surface area (Å²) >= 11 is 1.51. The van der Waals surface area contributed by atoms with Crippen molar-refractivity contribution in [3.63, 3.8) is 0 Å². The normalized spacial score (nSPS) is 12.4. The summed E-state index contributed by atoms with van der Waals surface area (Å²) in [5.41, 5.74) is 2.76. The number of H-pyrrole nitrogens is 1. The van der Waals surface area contributed by atoms with Crippen LogP contribution in [-0.4, -0.2) is 19.3 Å². The standard InChI is InChI=1S/C21H23N5O2S/c1-11-14(4)29-20-16(11)19(27)23-18(24-20)12(2)22-17-13(3)25(5)26(21(17)28)15-9-7-6-8-10-15/h6-10,12,22H,1-5H3,(H,23,24,27). The number of aryl methyl sites for hydroxylation is 2. The maximum atomic E-state index is 13.1. The molecule has 7 nitrogen and oxygen atoms in total. The minimum Gasteiger partial charge on any atom is -0.369 e. The number of fused-ring (bicyclic) bond motifs is 1. The zero-order chi connectivity index (χ0) is 20.9. The fourth-order valence-electron chi connectivity index (χ4n) is 3.50. The second-order valence-electron chi connectivity index (χ2n) is 7.22.